The standard InChI is InChI=1S/C15H20N4S/c16-14-13(12-6-8-17-9-7-12)15(20-19-14)18-10-5-11-3-1-2-4-11/h6-9,11,18H,1-5,10H2,(H2,16,19). The first-order chi connectivity index (χ1) is 9.84. The monoisotopic (exact) mass is 288 g/mol. The van der Waals surface area contributed by atoms with E-state index < -0.39 is 0 Å². The van der Waals surface area contributed by atoms with Gasteiger partial charge in [0.05, 0.1) is 5.56 Å². The SMILES string of the molecule is Nc1nsc(NCCC2CCCC2)c1-c1ccncc1. The summed E-state index contributed by atoms with van der Waals surface area (Å²) in [6, 6.07) is 3.95. The van der Waals surface area contributed by atoms with Crippen molar-refractivity contribution < 1.29 is 0 Å². The number of nitrogen functional groups attached to an aromatic ring is 1. The van der Waals surface area contributed by atoms with Gasteiger partial charge in [-0.2, -0.15) is 4.37 Å². The van der Waals surface area contributed by atoms with Gasteiger partial charge in [0.2, 0.25) is 0 Å². The number of nitrogens with one attached hydrogen (secondary N) is 1. The smallest absolute Gasteiger partial charge is 0.147 e. The molecule has 0 aromatic carbocycles. The number of hydrogen-bond acceptors (Lipinski definition) is 5. The summed E-state index contributed by atoms with van der Waals surface area (Å²) in [7, 11) is 0. The summed E-state index contributed by atoms with van der Waals surface area (Å²) in [5.41, 5.74) is 8.10. The third-order valence-corrected chi connectivity index (χ3v) is 4.82. The van der Waals surface area contributed by atoms with Crippen LogP contribution in [0.5, 0.6) is 0 Å². The second-order valence-corrected chi connectivity index (χ2v) is 6.15. The molecule has 2 aromatic rings. The largest absolute Gasteiger partial charge is 0.382 e. The molecule has 2 heterocycles. The summed E-state index contributed by atoms with van der Waals surface area (Å²) in [6.45, 7) is 1.00. The molecule has 20 heavy (non-hydrogen) atoms. The van der Waals surface area contributed by atoms with E-state index in [1.807, 2.05) is 12.1 Å². The van der Waals surface area contributed by atoms with Gasteiger partial charge in [0.25, 0.3) is 0 Å². The molecule has 0 radical (unpaired) electrons. The zero-order chi connectivity index (χ0) is 13.8. The molecule has 0 spiro atoms. The molecule has 1 fully saturated rings. The van der Waals surface area contributed by atoms with E-state index in [-0.39, 0.29) is 0 Å². The van der Waals surface area contributed by atoms with Gasteiger partial charge in [-0.3, -0.25) is 4.98 Å². The van der Waals surface area contributed by atoms with E-state index >= 15 is 0 Å². The highest BCUT2D eigenvalue weighted by Gasteiger charge is 2.16. The van der Waals surface area contributed by atoms with Crippen LogP contribution in [0.2, 0.25) is 0 Å². The molecule has 1 aliphatic rings. The Kier molecular flexibility index (Phi) is 4.16. The lowest BCUT2D eigenvalue weighted by molar-refractivity contribution is 0.519. The normalized spacial score (nSPS) is 15.6. The zero-order valence-electron chi connectivity index (χ0n) is 11.5. The minimum Gasteiger partial charge on any atom is -0.382 e. The van der Waals surface area contributed by atoms with E-state index in [9.17, 15) is 0 Å². The van der Waals surface area contributed by atoms with E-state index in [4.69, 9.17) is 5.73 Å². The van der Waals surface area contributed by atoms with Crippen LogP contribution in [0.25, 0.3) is 11.1 Å². The molecule has 3 N–H and O–H groups in total. The van der Waals surface area contributed by atoms with Gasteiger partial charge >= 0.3 is 0 Å². The van der Waals surface area contributed by atoms with E-state index in [0.29, 0.717) is 5.82 Å². The van der Waals surface area contributed by atoms with Crippen LogP contribution < -0.4 is 11.1 Å². The Morgan fingerprint density at radius 2 is 2.00 bits per heavy atom. The molecule has 5 heteroatoms. The van der Waals surface area contributed by atoms with Crippen LogP contribution in [0.1, 0.15) is 32.1 Å². The molecular weight excluding hydrogens is 268 g/mol. The van der Waals surface area contributed by atoms with Gasteiger partial charge in [0.1, 0.15) is 10.8 Å². The topological polar surface area (TPSA) is 63.8 Å². The maximum absolute atomic E-state index is 6.01. The summed E-state index contributed by atoms with van der Waals surface area (Å²) < 4.78 is 4.28. The number of anilines is 2. The second-order valence-electron chi connectivity index (χ2n) is 5.37. The molecule has 2 aromatic heterocycles. The average molecular weight is 288 g/mol. The molecule has 0 unspecified atom stereocenters. The fraction of sp³-hybridized carbons (Fsp3) is 0.467. The molecule has 3 rings (SSSR count). The number of hydrogen-bond donors (Lipinski definition) is 2. The van der Waals surface area contributed by atoms with Crippen molar-refractivity contribution in [2.24, 2.45) is 5.92 Å². The Balaban J connectivity index is 1.67. The van der Waals surface area contributed by atoms with Crippen LogP contribution in [0.4, 0.5) is 10.8 Å². The molecule has 106 valence electrons. The lowest BCUT2D eigenvalue weighted by Gasteiger charge is -2.10. The fourth-order valence-electron chi connectivity index (χ4n) is 2.91. The summed E-state index contributed by atoms with van der Waals surface area (Å²) in [4.78, 5) is 4.05. The first-order valence-corrected chi connectivity index (χ1v) is 8.01. The number of nitrogens with two attached hydrogens (primary N) is 1. The molecule has 1 aliphatic carbocycles. The van der Waals surface area contributed by atoms with Gasteiger partial charge in [-0.15, -0.1) is 0 Å². The first-order valence-electron chi connectivity index (χ1n) is 7.24. The minimum atomic E-state index is 0.601. The van der Waals surface area contributed by atoms with Crippen LogP contribution in [-0.2, 0) is 0 Å². The first kappa shape index (κ1) is 13.4. The zero-order valence-corrected chi connectivity index (χ0v) is 12.3. The number of rotatable bonds is 5. The van der Waals surface area contributed by atoms with Gasteiger partial charge in [-0.1, -0.05) is 25.7 Å². The lowest BCUT2D eigenvalue weighted by atomic mass is 10.0. The Labute approximate surface area is 123 Å². The maximum Gasteiger partial charge on any atom is 0.147 e. The highest BCUT2D eigenvalue weighted by molar-refractivity contribution is 7.11. The molecule has 1 saturated carbocycles. The van der Waals surface area contributed by atoms with Crippen molar-refractivity contribution in [3.8, 4) is 11.1 Å². The fourth-order valence-corrected chi connectivity index (χ4v) is 3.67. The third kappa shape index (κ3) is 2.93. The van der Waals surface area contributed by atoms with E-state index in [2.05, 4.69) is 14.7 Å². The Morgan fingerprint density at radius 3 is 2.75 bits per heavy atom. The minimum absolute atomic E-state index is 0.601. The summed E-state index contributed by atoms with van der Waals surface area (Å²) in [6.07, 6.45) is 10.4. The van der Waals surface area contributed by atoms with Gasteiger partial charge in [-0.25, -0.2) is 0 Å². The second kappa shape index (κ2) is 6.22. The van der Waals surface area contributed by atoms with Crippen molar-refractivity contribution in [1.82, 2.24) is 9.36 Å². The molecule has 0 saturated heterocycles. The molecular formula is C15H20N4S. The predicted octanol–water partition coefficient (Wildman–Crippen LogP) is 3.78. The van der Waals surface area contributed by atoms with E-state index in [0.717, 1.165) is 28.6 Å². The van der Waals surface area contributed by atoms with Crippen molar-refractivity contribution >= 4 is 22.4 Å². The molecule has 0 bridgehead atoms. The van der Waals surface area contributed by atoms with Crippen molar-refractivity contribution in [2.75, 3.05) is 17.6 Å². The Hall–Kier alpha value is -1.62. The molecule has 0 atom stereocenters. The van der Waals surface area contributed by atoms with Crippen molar-refractivity contribution in [3.63, 3.8) is 0 Å². The summed E-state index contributed by atoms with van der Waals surface area (Å²) >= 11 is 1.45. The van der Waals surface area contributed by atoms with Gasteiger partial charge in [-0.05, 0) is 41.6 Å². The van der Waals surface area contributed by atoms with Crippen LogP contribution in [0.15, 0.2) is 24.5 Å². The van der Waals surface area contributed by atoms with Gasteiger partial charge in [0, 0.05) is 18.9 Å². The predicted molar refractivity (Wildman–Crippen MR) is 84.8 cm³/mol. The maximum atomic E-state index is 6.01. The quantitative estimate of drug-likeness (QED) is 0.879. The highest BCUT2D eigenvalue weighted by atomic mass is 32.1. The molecule has 0 amide bonds. The van der Waals surface area contributed by atoms with E-state index in [1.54, 1.807) is 12.4 Å². The Bertz CT molecular complexity index is 546. The summed E-state index contributed by atoms with van der Waals surface area (Å²) in [5, 5.41) is 4.59. The van der Waals surface area contributed by atoms with Crippen molar-refractivity contribution in [1.29, 1.82) is 0 Å². The number of nitrogens with zero attached hydrogens (tertiary/aromatic N) is 2. The van der Waals surface area contributed by atoms with Crippen LogP contribution in [-0.4, -0.2) is 15.9 Å². The lowest BCUT2D eigenvalue weighted by Crippen LogP contribution is -2.06. The highest BCUT2D eigenvalue weighted by Crippen LogP contribution is 2.36. The molecule has 4 nitrogen and oxygen atoms in total. The molecule has 0 aliphatic heterocycles. The van der Waals surface area contributed by atoms with Gasteiger partial charge < -0.3 is 11.1 Å². The van der Waals surface area contributed by atoms with Crippen molar-refractivity contribution in [2.45, 2.75) is 32.1 Å². The Morgan fingerprint density at radius 1 is 1.25 bits per heavy atom. The van der Waals surface area contributed by atoms with Crippen molar-refractivity contribution in [3.05, 3.63) is 24.5 Å². The average Bonchev–Trinajstić information content (AvgIpc) is 3.10. The number of aromatic nitrogens is 2. The number of pyridine rings is 1. The third-order valence-electron chi connectivity index (χ3n) is 4.00. The van der Waals surface area contributed by atoms with E-state index in [1.165, 1.54) is 43.6 Å². The van der Waals surface area contributed by atoms with Crippen LogP contribution >= 0.6 is 11.5 Å². The van der Waals surface area contributed by atoms with Gasteiger partial charge in [0.15, 0.2) is 0 Å². The van der Waals surface area contributed by atoms with Crippen LogP contribution in [0, 0.1) is 5.92 Å². The van der Waals surface area contributed by atoms with Crippen LogP contribution in [0.3, 0.4) is 0 Å². The summed E-state index contributed by atoms with van der Waals surface area (Å²) in [5.74, 6) is 1.50.